The summed E-state index contributed by atoms with van der Waals surface area (Å²) in [6.07, 6.45) is 0. The van der Waals surface area contributed by atoms with Crippen LogP contribution in [0.5, 0.6) is 0 Å². The van der Waals surface area contributed by atoms with Gasteiger partial charge in [-0.25, -0.2) is 0 Å². The number of nitrogens with zero attached hydrogens (tertiary/aromatic N) is 1. The molecule has 0 N–H and O–H groups in total. The van der Waals surface area contributed by atoms with Crippen molar-refractivity contribution < 1.29 is 14.7 Å². The Labute approximate surface area is 197 Å². The maximum absolute atomic E-state index is 12.2. The van der Waals surface area contributed by atoms with Gasteiger partial charge >= 0.3 is 89.0 Å². The molecular formula is C27H20NO3Sn+. The van der Waals surface area contributed by atoms with Crippen LogP contribution in [0.25, 0.3) is 0 Å². The summed E-state index contributed by atoms with van der Waals surface area (Å²) in [6, 6.07) is 35.2. The molecule has 4 aromatic carbocycles. The predicted molar refractivity (Wildman–Crippen MR) is 126 cm³/mol. The van der Waals surface area contributed by atoms with Crippen molar-refractivity contribution in [1.82, 2.24) is 0 Å². The van der Waals surface area contributed by atoms with Crippen LogP contribution in [0.4, 0.5) is 5.69 Å². The second-order valence-corrected chi connectivity index (χ2v) is 11.2. The average molecular weight is 525 g/mol. The molecule has 5 heteroatoms. The molecule has 0 aromatic heterocycles. The van der Waals surface area contributed by atoms with E-state index in [4.69, 9.17) is 0 Å². The van der Waals surface area contributed by atoms with Crippen LogP contribution >= 0.6 is 0 Å². The number of carboxylic acids is 1. The monoisotopic (exact) mass is 526 g/mol. The van der Waals surface area contributed by atoms with Crippen LogP contribution in [0.3, 0.4) is 0 Å². The standard InChI is InChI=1S/C15H11NO3.2C6H5.Sn/c17-14-13-4-2-1-3-11(13)9-16(14)12-7-5-10(6-8-12)15(18)19;2*1-2-4-6-5-3-1;/h1-8H,9H2,(H,18,19);2*1-5H;/q;;;+2/p-1. The molecule has 0 radical (unpaired) electrons. The van der Waals surface area contributed by atoms with Gasteiger partial charge in [-0.3, -0.25) is 4.79 Å². The number of carbonyl (C=O) groups excluding carboxylic acids is 2. The number of fused-ring (bicyclic) bond motifs is 1. The van der Waals surface area contributed by atoms with E-state index in [-0.39, 0.29) is 11.5 Å². The second-order valence-electron chi connectivity index (χ2n) is 7.24. The summed E-state index contributed by atoms with van der Waals surface area (Å²) in [4.78, 5) is 24.5. The van der Waals surface area contributed by atoms with Crippen LogP contribution in [0.2, 0.25) is 0 Å². The fraction of sp³-hybridized carbons (Fsp3) is 0.0370. The number of rotatable bonds is 4. The number of aromatic carboxylic acids is 1. The van der Waals surface area contributed by atoms with Crippen molar-refractivity contribution in [2.75, 3.05) is 4.90 Å². The zero-order valence-corrected chi connectivity index (χ0v) is 20.1. The van der Waals surface area contributed by atoms with E-state index in [9.17, 15) is 14.7 Å². The van der Waals surface area contributed by atoms with Crippen molar-refractivity contribution in [3.8, 4) is 0 Å². The summed E-state index contributed by atoms with van der Waals surface area (Å²) < 4.78 is 3.08. The third-order valence-electron chi connectivity index (χ3n) is 5.07. The Morgan fingerprint density at radius 3 is 1.78 bits per heavy atom. The number of amides is 1. The molecule has 4 nitrogen and oxygen atoms in total. The summed E-state index contributed by atoms with van der Waals surface area (Å²) in [6.45, 7) is 0.514. The minimum atomic E-state index is -1.22. The molecule has 0 unspecified atom stereocenters. The van der Waals surface area contributed by atoms with Crippen LogP contribution in [0.1, 0.15) is 26.3 Å². The number of hydrogen-bond donors (Lipinski definition) is 0. The van der Waals surface area contributed by atoms with Gasteiger partial charge in [0, 0.05) is 11.3 Å². The Bertz CT molecular complexity index is 1170. The van der Waals surface area contributed by atoms with E-state index in [1.54, 1.807) is 23.1 Å². The molecule has 1 heterocycles. The molecule has 5 rings (SSSR count). The number of anilines is 1. The molecule has 0 fully saturated rings. The maximum atomic E-state index is 12.2. The molecule has 4 aromatic rings. The van der Waals surface area contributed by atoms with E-state index in [1.165, 1.54) is 19.3 Å². The minimum absolute atomic E-state index is 0.0585. The van der Waals surface area contributed by atoms with Crippen molar-refractivity contribution in [2.24, 2.45) is 0 Å². The summed E-state index contributed by atoms with van der Waals surface area (Å²) in [7, 11) is 0. The molecular weight excluding hydrogens is 505 g/mol. The molecule has 154 valence electrons. The van der Waals surface area contributed by atoms with Gasteiger partial charge in [-0.05, 0) is 29.3 Å². The first-order valence-corrected chi connectivity index (χ1v) is 13.1. The molecule has 1 amide bonds. The van der Waals surface area contributed by atoms with Gasteiger partial charge in [-0.15, -0.1) is 0 Å². The molecule has 0 saturated heterocycles. The molecule has 0 saturated carbocycles. The van der Waals surface area contributed by atoms with Crippen LogP contribution in [0.15, 0.2) is 109 Å². The fourth-order valence-electron chi connectivity index (χ4n) is 3.45. The summed E-state index contributed by atoms with van der Waals surface area (Å²) in [5.74, 6) is -1.28. The summed E-state index contributed by atoms with van der Waals surface area (Å²) in [5, 5.41) is 10.7. The van der Waals surface area contributed by atoms with Crippen molar-refractivity contribution in [2.45, 2.75) is 6.54 Å². The third-order valence-corrected chi connectivity index (χ3v) is 8.62. The quantitative estimate of drug-likeness (QED) is 0.385. The number of carbonyl (C=O) groups is 2. The zero-order valence-electron chi connectivity index (χ0n) is 17.3. The number of carboxylic acid groups (broad SMARTS) is 1. The van der Waals surface area contributed by atoms with Crippen LogP contribution < -0.4 is 17.2 Å². The molecule has 32 heavy (non-hydrogen) atoms. The number of hydrogen-bond acceptors (Lipinski definition) is 3. The van der Waals surface area contributed by atoms with E-state index in [1.807, 2.05) is 18.2 Å². The van der Waals surface area contributed by atoms with Gasteiger partial charge < -0.3 is 14.8 Å². The number of benzene rings is 4. The predicted octanol–water partition coefficient (Wildman–Crippen LogP) is 2.55. The first-order chi connectivity index (χ1) is 15.6. The van der Waals surface area contributed by atoms with Crippen LogP contribution in [-0.2, 0) is 6.54 Å². The van der Waals surface area contributed by atoms with Crippen molar-refractivity contribution in [3.05, 3.63) is 126 Å². The van der Waals surface area contributed by atoms with Gasteiger partial charge in [0.1, 0.15) is 0 Å². The first kappa shape index (κ1) is 21.8. The molecule has 0 spiro atoms. The summed E-state index contributed by atoms with van der Waals surface area (Å²) >= 11 is -0.517. The van der Waals surface area contributed by atoms with Crippen molar-refractivity contribution >= 4 is 45.9 Å². The van der Waals surface area contributed by atoms with E-state index < -0.39 is 27.1 Å². The SMILES string of the molecule is O=C([O-])c1ccc(N2Cc3ccccc3C2=O)cc1.c1cc[c]([Sn+2][c]2ccccc2)cc1. The van der Waals surface area contributed by atoms with Gasteiger partial charge in [-0.1, -0.05) is 30.3 Å². The fourth-order valence-corrected chi connectivity index (χ4v) is 6.45. The molecule has 0 bridgehead atoms. The zero-order chi connectivity index (χ0) is 22.3. The molecule has 1 aliphatic heterocycles. The van der Waals surface area contributed by atoms with E-state index in [0.717, 1.165) is 5.56 Å². The van der Waals surface area contributed by atoms with Gasteiger partial charge in [0.2, 0.25) is 0 Å². The first-order valence-electron chi connectivity index (χ1n) is 10.2. The Morgan fingerprint density at radius 1 is 0.719 bits per heavy atom. The Morgan fingerprint density at radius 2 is 1.25 bits per heavy atom. The van der Waals surface area contributed by atoms with Crippen molar-refractivity contribution in [1.29, 1.82) is 0 Å². The van der Waals surface area contributed by atoms with E-state index in [0.29, 0.717) is 17.8 Å². The summed E-state index contributed by atoms with van der Waals surface area (Å²) in [5.41, 5.74) is 2.47. The molecule has 1 aliphatic rings. The van der Waals surface area contributed by atoms with Crippen molar-refractivity contribution in [3.63, 3.8) is 0 Å². The van der Waals surface area contributed by atoms with Gasteiger partial charge in [-0.2, -0.15) is 0 Å². The molecule has 0 atom stereocenters. The van der Waals surface area contributed by atoms with Crippen LogP contribution in [-0.4, -0.2) is 33.0 Å². The van der Waals surface area contributed by atoms with Gasteiger partial charge in [0.25, 0.3) is 5.91 Å². The Balaban J connectivity index is 0.000000165. The van der Waals surface area contributed by atoms with Gasteiger partial charge in [0.05, 0.1) is 12.5 Å². The normalized spacial score (nSPS) is 11.8. The Hall–Kier alpha value is -3.38. The van der Waals surface area contributed by atoms with E-state index in [2.05, 4.69) is 60.7 Å². The second kappa shape index (κ2) is 10.3. The third kappa shape index (κ3) is 5.26. The van der Waals surface area contributed by atoms with Crippen LogP contribution in [0, 0.1) is 0 Å². The topological polar surface area (TPSA) is 60.4 Å². The Kier molecular flexibility index (Phi) is 7.02. The average Bonchev–Trinajstić information content (AvgIpc) is 3.17. The van der Waals surface area contributed by atoms with E-state index >= 15 is 0 Å². The molecule has 0 aliphatic carbocycles. The van der Waals surface area contributed by atoms with Gasteiger partial charge in [0.15, 0.2) is 0 Å².